The van der Waals surface area contributed by atoms with Crippen LogP contribution in [0.3, 0.4) is 0 Å². The van der Waals surface area contributed by atoms with Crippen LogP contribution in [0.2, 0.25) is 0 Å². The zero-order chi connectivity index (χ0) is 22.0. The molecule has 0 fully saturated rings. The Balaban J connectivity index is 2.10. The highest BCUT2D eigenvalue weighted by Crippen LogP contribution is 2.22. The highest BCUT2D eigenvalue weighted by molar-refractivity contribution is 5.92. The number of hydrogen-bond donors (Lipinski definition) is 3. The van der Waals surface area contributed by atoms with Gasteiger partial charge >= 0.3 is 0 Å². The Kier molecular flexibility index (Phi) is 5.88. The van der Waals surface area contributed by atoms with E-state index in [1.807, 2.05) is 0 Å². The van der Waals surface area contributed by atoms with E-state index in [0.29, 0.717) is 11.3 Å². The molecular formula is C20H17F3N4O3. The van der Waals surface area contributed by atoms with Crippen molar-refractivity contribution in [3.8, 4) is 0 Å². The molecule has 0 saturated carbocycles. The second kappa shape index (κ2) is 8.37. The predicted molar refractivity (Wildman–Crippen MR) is 103 cm³/mol. The number of nitrogens with one attached hydrogen (secondary N) is 1. The topological polar surface area (TPSA) is 110 Å². The number of amides is 1. The van der Waals surface area contributed by atoms with Gasteiger partial charge in [0, 0.05) is 11.9 Å². The number of anilines is 2. The normalized spacial score (nSPS) is 10.8. The van der Waals surface area contributed by atoms with E-state index < -0.39 is 34.5 Å². The van der Waals surface area contributed by atoms with Crippen LogP contribution in [0.15, 0.2) is 41.3 Å². The first kappa shape index (κ1) is 21.1. The van der Waals surface area contributed by atoms with Crippen LogP contribution < -0.4 is 16.6 Å². The third-order valence-electron chi connectivity index (χ3n) is 4.39. The maximum Gasteiger partial charge on any atom is 0.287 e. The van der Waals surface area contributed by atoms with Crippen molar-refractivity contribution in [2.24, 2.45) is 5.73 Å². The van der Waals surface area contributed by atoms with Crippen molar-refractivity contribution >= 4 is 17.5 Å². The Hall–Kier alpha value is -3.66. The minimum Gasteiger partial charge on any atom is -0.392 e. The molecule has 1 aromatic heterocycles. The first-order chi connectivity index (χ1) is 14.2. The lowest BCUT2D eigenvalue weighted by Gasteiger charge is -2.17. The highest BCUT2D eigenvalue weighted by Gasteiger charge is 2.16. The molecule has 0 unspecified atom stereocenters. The maximum atomic E-state index is 13.6. The third-order valence-corrected chi connectivity index (χ3v) is 4.39. The fourth-order valence-corrected chi connectivity index (χ4v) is 2.80. The molecule has 10 heteroatoms. The van der Waals surface area contributed by atoms with Crippen molar-refractivity contribution in [2.75, 3.05) is 5.32 Å². The van der Waals surface area contributed by atoms with Crippen LogP contribution >= 0.6 is 0 Å². The predicted octanol–water partition coefficient (Wildman–Crippen LogP) is 2.35. The molecule has 1 amide bonds. The highest BCUT2D eigenvalue weighted by atomic mass is 19.2. The first-order valence-corrected chi connectivity index (χ1v) is 8.71. The number of benzene rings is 2. The van der Waals surface area contributed by atoms with Gasteiger partial charge in [-0.2, -0.15) is 4.98 Å². The lowest BCUT2D eigenvalue weighted by molar-refractivity contribution is 0.0998. The fourth-order valence-electron chi connectivity index (χ4n) is 2.80. The van der Waals surface area contributed by atoms with E-state index >= 15 is 0 Å². The lowest BCUT2D eigenvalue weighted by Crippen LogP contribution is -2.27. The van der Waals surface area contributed by atoms with Crippen LogP contribution in [-0.4, -0.2) is 20.6 Å². The monoisotopic (exact) mass is 418 g/mol. The Morgan fingerprint density at radius 1 is 1.17 bits per heavy atom. The molecule has 0 aliphatic heterocycles. The number of aliphatic hydroxyl groups is 1. The van der Waals surface area contributed by atoms with Crippen molar-refractivity contribution in [3.05, 3.63) is 86.6 Å². The largest absolute Gasteiger partial charge is 0.392 e. The zero-order valence-electron chi connectivity index (χ0n) is 15.7. The SMILES string of the molecule is Cc1ccc(CO)cc1Nc1nc(=O)c(C(N)=O)cn1Cc1cc(F)c(F)c(F)c1. The molecule has 1 heterocycles. The summed E-state index contributed by atoms with van der Waals surface area (Å²) in [6.07, 6.45) is 1.10. The van der Waals surface area contributed by atoms with Crippen molar-refractivity contribution in [2.45, 2.75) is 20.1 Å². The van der Waals surface area contributed by atoms with Crippen LogP contribution in [0.25, 0.3) is 0 Å². The van der Waals surface area contributed by atoms with Crippen molar-refractivity contribution in [1.82, 2.24) is 9.55 Å². The summed E-state index contributed by atoms with van der Waals surface area (Å²) >= 11 is 0. The van der Waals surface area contributed by atoms with E-state index in [9.17, 15) is 27.9 Å². The number of nitrogens with two attached hydrogens (primary N) is 1. The number of halogens is 3. The zero-order valence-corrected chi connectivity index (χ0v) is 15.7. The van der Waals surface area contributed by atoms with Gasteiger partial charge in [-0.05, 0) is 41.8 Å². The van der Waals surface area contributed by atoms with E-state index in [1.165, 1.54) is 4.57 Å². The molecular weight excluding hydrogens is 401 g/mol. The Labute approximate surface area is 168 Å². The average Bonchev–Trinajstić information content (AvgIpc) is 2.69. The quantitative estimate of drug-likeness (QED) is 0.533. The number of rotatable bonds is 6. The van der Waals surface area contributed by atoms with Gasteiger partial charge in [0.05, 0.1) is 13.2 Å². The molecule has 0 aliphatic rings. The summed E-state index contributed by atoms with van der Waals surface area (Å²) in [6, 6.07) is 6.66. The van der Waals surface area contributed by atoms with E-state index in [1.54, 1.807) is 25.1 Å². The van der Waals surface area contributed by atoms with E-state index in [0.717, 1.165) is 23.9 Å². The van der Waals surface area contributed by atoms with Crippen LogP contribution in [0, 0.1) is 24.4 Å². The molecule has 3 aromatic rings. The fraction of sp³-hybridized carbons (Fsp3) is 0.150. The Morgan fingerprint density at radius 2 is 1.83 bits per heavy atom. The number of aryl methyl sites for hydroxylation is 1. The number of hydrogen-bond acceptors (Lipinski definition) is 5. The van der Waals surface area contributed by atoms with Gasteiger partial charge in [0.1, 0.15) is 5.56 Å². The molecule has 0 spiro atoms. The summed E-state index contributed by atoms with van der Waals surface area (Å²) in [7, 11) is 0. The number of aliphatic hydroxyl groups excluding tert-OH is 1. The summed E-state index contributed by atoms with van der Waals surface area (Å²) in [5.41, 5.74) is 5.75. The second-order valence-corrected chi connectivity index (χ2v) is 6.58. The number of nitrogens with zero attached hydrogens (tertiary/aromatic N) is 2. The molecule has 30 heavy (non-hydrogen) atoms. The molecule has 3 rings (SSSR count). The van der Waals surface area contributed by atoms with Gasteiger partial charge in [0.2, 0.25) is 5.95 Å². The molecule has 0 radical (unpaired) electrons. The standard InChI is InChI=1S/C20H17F3N4O3/c1-10-2-3-11(9-28)6-16(10)25-20-26-19(30)13(18(24)29)8-27(20)7-12-4-14(21)17(23)15(22)5-12/h2-6,8,28H,7,9H2,1H3,(H2,24,29)(H,25,26,30). The van der Waals surface area contributed by atoms with Gasteiger partial charge in [0.15, 0.2) is 17.5 Å². The summed E-state index contributed by atoms with van der Waals surface area (Å²) < 4.78 is 41.7. The molecule has 0 saturated heterocycles. The summed E-state index contributed by atoms with van der Waals surface area (Å²) in [5.74, 6) is -5.44. The lowest BCUT2D eigenvalue weighted by atomic mass is 10.1. The summed E-state index contributed by atoms with van der Waals surface area (Å²) in [4.78, 5) is 27.5. The van der Waals surface area contributed by atoms with Crippen LogP contribution in [0.1, 0.15) is 27.0 Å². The smallest absolute Gasteiger partial charge is 0.287 e. The van der Waals surface area contributed by atoms with E-state index in [-0.39, 0.29) is 24.7 Å². The first-order valence-electron chi connectivity index (χ1n) is 8.71. The number of carbonyl (C=O) groups is 1. The molecule has 7 nitrogen and oxygen atoms in total. The summed E-state index contributed by atoms with van der Waals surface area (Å²) in [5, 5.41) is 12.2. The van der Waals surface area contributed by atoms with E-state index in [2.05, 4.69) is 10.3 Å². The van der Waals surface area contributed by atoms with Crippen LogP contribution in [-0.2, 0) is 13.2 Å². The molecule has 0 aliphatic carbocycles. The number of primary amides is 1. The minimum absolute atomic E-state index is 0.0242. The average molecular weight is 418 g/mol. The van der Waals surface area contributed by atoms with Gasteiger partial charge < -0.3 is 20.7 Å². The van der Waals surface area contributed by atoms with Crippen molar-refractivity contribution in [3.63, 3.8) is 0 Å². The van der Waals surface area contributed by atoms with Crippen LogP contribution in [0.4, 0.5) is 24.8 Å². The Morgan fingerprint density at radius 3 is 2.43 bits per heavy atom. The van der Waals surface area contributed by atoms with Gasteiger partial charge in [-0.15, -0.1) is 0 Å². The second-order valence-electron chi connectivity index (χ2n) is 6.58. The molecule has 0 atom stereocenters. The molecule has 2 aromatic carbocycles. The third kappa shape index (κ3) is 4.33. The van der Waals surface area contributed by atoms with Gasteiger partial charge in [-0.25, -0.2) is 13.2 Å². The van der Waals surface area contributed by atoms with Crippen molar-refractivity contribution in [1.29, 1.82) is 0 Å². The molecule has 156 valence electrons. The molecule has 0 bridgehead atoms. The number of aromatic nitrogens is 2. The van der Waals surface area contributed by atoms with E-state index in [4.69, 9.17) is 5.73 Å². The van der Waals surface area contributed by atoms with Gasteiger partial charge in [-0.1, -0.05) is 12.1 Å². The number of carbonyl (C=O) groups excluding carboxylic acids is 1. The van der Waals surface area contributed by atoms with Crippen LogP contribution in [0.5, 0.6) is 0 Å². The maximum absolute atomic E-state index is 13.6. The van der Waals surface area contributed by atoms with Crippen molar-refractivity contribution < 1.29 is 23.1 Å². The minimum atomic E-state index is -1.61. The molecule has 4 N–H and O–H groups in total. The Bertz CT molecular complexity index is 1170. The van der Waals surface area contributed by atoms with Gasteiger partial charge in [-0.3, -0.25) is 9.59 Å². The summed E-state index contributed by atoms with van der Waals surface area (Å²) in [6.45, 7) is 1.31. The van der Waals surface area contributed by atoms with Gasteiger partial charge in [0.25, 0.3) is 11.5 Å².